The second-order valence-electron chi connectivity index (χ2n) is 7.00. The van der Waals surface area contributed by atoms with Crippen molar-refractivity contribution in [2.75, 3.05) is 16.8 Å². The molecule has 7 heteroatoms. The molecule has 2 aliphatic heterocycles. The van der Waals surface area contributed by atoms with E-state index in [9.17, 15) is 4.79 Å². The molecule has 0 radical (unpaired) electrons. The fourth-order valence-corrected chi connectivity index (χ4v) is 3.79. The van der Waals surface area contributed by atoms with E-state index in [1.807, 2.05) is 42.3 Å². The van der Waals surface area contributed by atoms with Crippen molar-refractivity contribution in [3.05, 3.63) is 54.7 Å². The first-order valence-corrected chi connectivity index (χ1v) is 9.32. The third-order valence-electron chi connectivity index (χ3n) is 5.15. The fourth-order valence-electron chi connectivity index (χ4n) is 3.79. The monoisotopic (exact) mass is 373 g/mol. The molecule has 1 saturated heterocycles. The lowest BCUT2D eigenvalue weighted by atomic mass is 9.94. The van der Waals surface area contributed by atoms with Gasteiger partial charge in [0.05, 0.1) is 18.1 Å². The number of benzene rings is 1. The second kappa shape index (κ2) is 6.60. The summed E-state index contributed by atoms with van der Waals surface area (Å²) in [6.45, 7) is 2.79. The minimum atomic E-state index is -0.123. The third kappa shape index (κ3) is 2.85. The van der Waals surface area contributed by atoms with Gasteiger partial charge in [0.15, 0.2) is 0 Å². The molecule has 2 aromatic heterocycles. The van der Waals surface area contributed by atoms with Crippen molar-refractivity contribution in [2.24, 2.45) is 0 Å². The molecule has 7 nitrogen and oxygen atoms in total. The van der Waals surface area contributed by atoms with E-state index in [0.29, 0.717) is 12.2 Å². The number of rotatable bonds is 3. The smallest absolute Gasteiger partial charge is 0.227 e. The molecule has 1 atom stereocenters. The Morgan fingerprint density at radius 1 is 1.14 bits per heavy atom. The average molecular weight is 373 g/mol. The Bertz CT molecular complexity index is 1050. The van der Waals surface area contributed by atoms with Gasteiger partial charge in [0.2, 0.25) is 5.91 Å². The van der Waals surface area contributed by atoms with Crippen LogP contribution in [0.2, 0.25) is 0 Å². The molecule has 140 valence electrons. The standard InChI is InChI=1S/C21H19N5O2/c1-13-17-8-20(25-14-9-22-12-23-10-14)24-11-18(17)16-5-4-15(7-19(16)28-13)26-6-2-3-21(26)27/h4-5,7-13H,2-3,6H2,1H3,(H,24,25). The number of anilines is 3. The molecule has 28 heavy (non-hydrogen) atoms. The zero-order chi connectivity index (χ0) is 19.1. The Labute approximate surface area is 162 Å². The topological polar surface area (TPSA) is 80.2 Å². The van der Waals surface area contributed by atoms with Crippen molar-refractivity contribution in [1.82, 2.24) is 15.0 Å². The maximum atomic E-state index is 12.1. The quantitative estimate of drug-likeness (QED) is 0.751. The molecule has 4 heterocycles. The molecule has 1 amide bonds. The highest BCUT2D eigenvalue weighted by Gasteiger charge is 2.27. The number of carbonyl (C=O) groups excluding carboxylic acids is 1. The van der Waals surface area contributed by atoms with Crippen molar-refractivity contribution in [3.8, 4) is 16.9 Å². The van der Waals surface area contributed by atoms with E-state index < -0.39 is 0 Å². The molecule has 0 spiro atoms. The summed E-state index contributed by atoms with van der Waals surface area (Å²) in [6, 6.07) is 7.96. The zero-order valence-electron chi connectivity index (χ0n) is 15.4. The summed E-state index contributed by atoms with van der Waals surface area (Å²) < 4.78 is 6.18. The molecule has 1 N–H and O–H groups in total. The van der Waals surface area contributed by atoms with E-state index in [1.165, 1.54) is 6.33 Å². The van der Waals surface area contributed by atoms with Crippen LogP contribution in [0.25, 0.3) is 11.1 Å². The summed E-state index contributed by atoms with van der Waals surface area (Å²) in [5.41, 5.74) is 4.77. The molecule has 1 fully saturated rings. The van der Waals surface area contributed by atoms with E-state index in [1.54, 1.807) is 12.4 Å². The van der Waals surface area contributed by atoms with Gasteiger partial charge in [0.1, 0.15) is 24.0 Å². The number of ether oxygens (including phenoxy) is 1. The van der Waals surface area contributed by atoms with Gasteiger partial charge in [-0.05, 0) is 31.5 Å². The van der Waals surface area contributed by atoms with Crippen LogP contribution < -0.4 is 15.0 Å². The Kier molecular flexibility index (Phi) is 3.93. The number of nitrogens with one attached hydrogen (secondary N) is 1. The highest BCUT2D eigenvalue weighted by Crippen LogP contribution is 2.44. The van der Waals surface area contributed by atoms with Crippen molar-refractivity contribution in [2.45, 2.75) is 25.9 Å². The maximum absolute atomic E-state index is 12.1. The van der Waals surface area contributed by atoms with E-state index in [-0.39, 0.29) is 12.0 Å². The van der Waals surface area contributed by atoms with Crippen LogP contribution in [0.15, 0.2) is 49.2 Å². The summed E-state index contributed by atoms with van der Waals surface area (Å²) >= 11 is 0. The number of amides is 1. The predicted molar refractivity (Wildman–Crippen MR) is 106 cm³/mol. The number of aromatic nitrogens is 3. The lowest BCUT2D eigenvalue weighted by molar-refractivity contribution is -0.117. The van der Waals surface area contributed by atoms with Gasteiger partial charge in [-0.1, -0.05) is 0 Å². The lowest BCUT2D eigenvalue weighted by Gasteiger charge is -2.28. The summed E-state index contributed by atoms with van der Waals surface area (Å²) in [5, 5.41) is 3.21. The molecule has 5 rings (SSSR count). The SMILES string of the molecule is CC1Oc2cc(N3CCCC3=O)ccc2-c2cnc(Nc3cncnc3)cc21. The van der Waals surface area contributed by atoms with Gasteiger partial charge in [-0.3, -0.25) is 4.79 Å². The second-order valence-corrected chi connectivity index (χ2v) is 7.00. The fraction of sp³-hybridized carbons (Fsp3) is 0.238. The first kappa shape index (κ1) is 16.7. The zero-order valence-corrected chi connectivity index (χ0v) is 15.4. The van der Waals surface area contributed by atoms with E-state index in [4.69, 9.17) is 4.74 Å². The molecule has 0 bridgehead atoms. The van der Waals surface area contributed by atoms with Crippen molar-refractivity contribution < 1.29 is 9.53 Å². The molecule has 1 aromatic carbocycles. The molecular weight excluding hydrogens is 354 g/mol. The van der Waals surface area contributed by atoms with Crippen LogP contribution in [0.4, 0.5) is 17.2 Å². The first-order chi connectivity index (χ1) is 13.7. The normalized spacial score (nSPS) is 17.7. The Morgan fingerprint density at radius 2 is 2.00 bits per heavy atom. The largest absolute Gasteiger partial charge is 0.485 e. The van der Waals surface area contributed by atoms with E-state index in [2.05, 4.69) is 20.3 Å². The van der Waals surface area contributed by atoms with Crippen LogP contribution in [0.5, 0.6) is 5.75 Å². The Hall–Kier alpha value is -3.48. The van der Waals surface area contributed by atoms with Crippen LogP contribution in [-0.4, -0.2) is 27.4 Å². The number of hydrogen-bond acceptors (Lipinski definition) is 6. The average Bonchev–Trinajstić information content (AvgIpc) is 3.14. The predicted octanol–water partition coefficient (Wildman–Crippen LogP) is 3.86. The number of fused-ring (bicyclic) bond motifs is 3. The highest BCUT2D eigenvalue weighted by molar-refractivity contribution is 5.96. The Morgan fingerprint density at radius 3 is 2.79 bits per heavy atom. The number of nitrogens with zero attached hydrogens (tertiary/aromatic N) is 4. The minimum absolute atomic E-state index is 0.123. The summed E-state index contributed by atoms with van der Waals surface area (Å²) in [5.74, 6) is 1.68. The first-order valence-electron chi connectivity index (χ1n) is 9.32. The van der Waals surface area contributed by atoms with Crippen molar-refractivity contribution in [1.29, 1.82) is 0 Å². The number of carbonyl (C=O) groups is 1. The molecule has 1 unspecified atom stereocenters. The minimum Gasteiger partial charge on any atom is -0.485 e. The summed E-state index contributed by atoms with van der Waals surface area (Å²) in [6.07, 6.45) is 8.14. The van der Waals surface area contributed by atoms with Crippen LogP contribution in [0.1, 0.15) is 31.4 Å². The van der Waals surface area contributed by atoms with E-state index in [0.717, 1.165) is 46.8 Å². The molecular formula is C21H19N5O2. The molecule has 0 aliphatic carbocycles. The van der Waals surface area contributed by atoms with Crippen molar-refractivity contribution >= 4 is 23.1 Å². The van der Waals surface area contributed by atoms with Crippen LogP contribution in [0, 0.1) is 0 Å². The summed E-state index contributed by atoms with van der Waals surface area (Å²) in [4.78, 5) is 26.4. The molecule has 0 saturated carbocycles. The van der Waals surface area contributed by atoms with Crippen LogP contribution >= 0.6 is 0 Å². The van der Waals surface area contributed by atoms with Crippen molar-refractivity contribution in [3.63, 3.8) is 0 Å². The highest BCUT2D eigenvalue weighted by atomic mass is 16.5. The van der Waals surface area contributed by atoms with Gasteiger partial charge in [-0.15, -0.1) is 0 Å². The van der Waals surface area contributed by atoms with E-state index >= 15 is 0 Å². The molecule has 3 aromatic rings. The number of hydrogen-bond donors (Lipinski definition) is 1. The molecule has 2 aliphatic rings. The summed E-state index contributed by atoms with van der Waals surface area (Å²) in [7, 11) is 0. The van der Waals surface area contributed by atoms with Gasteiger partial charge < -0.3 is 15.0 Å². The lowest BCUT2D eigenvalue weighted by Crippen LogP contribution is -2.24. The van der Waals surface area contributed by atoms with Gasteiger partial charge in [-0.25, -0.2) is 15.0 Å². The Balaban J connectivity index is 1.49. The number of pyridine rings is 1. The maximum Gasteiger partial charge on any atom is 0.227 e. The van der Waals surface area contributed by atoms with Gasteiger partial charge >= 0.3 is 0 Å². The van der Waals surface area contributed by atoms with Gasteiger partial charge in [-0.2, -0.15) is 0 Å². The van der Waals surface area contributed by atoms with Gasteiger partial charge in [0.25, 0.3) is 0 Å². The van der Waals surface area contributed by atoms with Crippen LogP contribution in [-0.2, 0) is 4.79 Å². The van der Waals surface area contributed by atoms with Crippen LogP contribution in [0.3, 0.4) is 0 Å². The van der Waals surface area contributed by atoms with Gasteiger partial charge in [0, 0.05) is 47.6 Å². The third-order valence-corrected chi connectivity index (χ3v) is 5.15.